The molecule has 0 atom stereocenters. The van der Waals surface area contributed by atoms with Gasteiger partial charge >= 0.3 is 0 Å². The second kappa shape index (κ2) is 14.3. The van der Waals surface area contributed by atoms with Crippen LogP contribution in [-0.4, -0.2) is 63.1 Å². The van der Waals surface area contributed by atoms with Crippen molar-refractivity contribution in [3.63, 3.8) is 0 Å². The van der Waals surface area contributed by atoms with Gasteiger partial charge in [0.15, 0.2) is 5.96 Å². The minimum absolute atomic E-state index is 0. The lowest BCUT2D eigenvalue weighted by Gasteiger charge is -2.16. The zero-order valence-electron chi connectivity index (χ0n) is 19.6. The van der Waals surface area contributed by atoms with Crippen LogP contribution in [0.1, 0.15) is 29.5 Å². The Morgan fingerprint density at radius 2 is 1.62 bits per heavy atom. The molecule has 0 spiro atoms. The lowest BCUT2D eigenvalue weighted by molar-refractivity contribution is 0.259. The first-order chi connectivity index (χ1) is 15.1. The lowest BCUT2D eigenvalue weighted by Crippen LogP contribution is -2.36. The van der Waals surface area contributed by atoms with Crippen LogP contribution in [0.2, 0.25) is 0 Å². The second-order valence-corrected chi connectivity index (χ2v) is 8.34. The van der Waals surface area contributed by atoms with Crippen LogP contribution in [0.15, 0.2) is 53.5 Å². The Hall–Kier alpha value is -1.84. The Kier molecular flexibility index (Phi) is 11.8. The van der Waals surface area contributed by atoms with Crippen molar-refractivity contribution >= 4 is 29.9 Å². The Morgan fingerprint density at radius 1 is 0.969 bits per heavy atom. The van der Waals surface area contributed by atoms with Gasteiger partial charge in [-0.3, -0.25) is 9.89 Å². The molecule has 32 heavy (non-hydrogen) atoms. The second-order valence-electron chi connectivity index (χ2n) is 8.34. The molecule has 2 N–H and O–H groups in total. The van der Waals surface area contributed by atoms with Gasteiger partial charge in [0.25, 0.3) is 0 Å². The number of nitrogens with zero attached hydrogens (tertiary/aromatic N) is 3. The minimum atomic E-state index is 0. The summed E-state index contributed by atoms with van der Waals surface area (Å²) in [7, 11) is 5.90. The van der Waals surface area contributed by atoms with Crippen LogP contribution in [0.25, 0.3) is 0 Å². The summed E-state index contributed by atoms with van der Waals surface area (Å²) in [6, 6.07) is 17.1. The van der Waals surface area contributed by atoms with E-state index in [-0.39, 0.29) is 24.0 Å². The zero-order chi connectivity index (χ0) is 21.9. The molecule has 0 saturated carbocycles. The van der Waals surface area contributed by atoms with E-state index in [0.717, 1.165) is 36.9 Å². The molecule has 1 fully saturated rings. The highest BCUT2D eigenvalue weighted by Gasteiger charge is 2.11. The highest BCUT2D eigenvalue weighted by Crippen LogP contribution is 2.17. The maximum Gasteiger partial charge on any atom is 0.191 e. The molecule has 2 aromatic carbocycles. The average Bonchev–Trinajstić information content (AvgIpc) is 3.28. The minimum Gasteiger partial charge on any atom is -0.492 e. The maximum atomic E-state index is 5.96. The monoisotopic (exact) mass is 551 g/mol. The summed E-state index contributed by atoms with van der Waals surface area (Å²) >= 11 is 0. The van der Waals surface area contributed by atoms with Gasteiger partial charge in [0, 0.05) is 38.8 Å². The molecule has 0 amide bonds. The van der Waals surface area contributed by atoms with Crippen LogP contribution in [0.4, 0.5) is 0 Å². The molecule has 1 aliphatic rings. The first-order valence-corrected chi connectivity index (χ1v) is 11.2. The number of hydrogen-bond acceptors (Lipinski definition) is 4. The van der Waals surface area contributed by atoms with Crippen molar-refractivity contribution < 1.29 is 4.74 Å². The molecule has 1 aliphatic heterocycles. The molecule has 0 unspecified atom stereocenters. The number of ether oxygens (including phenoxy) is 1. The molecule has 2 aromatic rings. The topological polar surface area (TPSA) is 52.1 Å². The van der Waals surface area contributed by atoms with Crippen molar-refractivity contribution in [2.75, 3.05) is 47.4 Å². The van der Waals surface area contributed by atoms with Crippen LogP contribution < -0.4 is 15.4 Å². The van der Waals surface area contributed by atoms with E-state index in [4.69, 9.17) is 4.74 Å². The van der Waals surface area contributed by atoms with E-state index in [1.807, 2.05) is 32.3 Å². The summed E-state index contributed by atoms with van der Waals surface area (Å²) in [4.78, 5) is 9.00. The molecule has 0 bridgehead atoms. The fourth-order valence-corrected chi connectivity index (χ4v) is 3.68. The van der Waals surface area contributed by atoms with Gasteiger partial charge < -0.3 is 20.3 Å². The number of aliphatic imine (C=N–C) groups is 1. The maximum absolute atomic E-state index is 5.96. The van der Waals surface area contributed by atoms with Crippen molar-refractivity contribution in [2.24, 2.45) is 4.99 Å². The lowest BCUT2D eigenvalue weighted by atomic mass is 10.1. The summed E-state index contributed by atoms with van der Waals surface area (Å²) in [5, 5.41) is 6.80. The van der Waals surface area contributed by atoms with E-state index in [1.165, 1.54) is 37.1 Å². The van der Waals surface area contributed by atoms with Gasteiger partial charge in [0.1, 0.15) is 12.4 Å². The predicted molar refractivity (Wildman–Crippen MR) is 144 cm³/mol. The van der Waals surface area contributed by atoms with Gasteiger partial charge in [-0.2, -0.15) is 0 Å². The SMILES string of the molecule is CN=C(NCc1ccc(CN2CCCC2)cc1)NCc1ccccc1OCCN(C)C.I. The summed E-state index contributed by atoms with van der Waals surface area (Å²) in [6.07, 6.45) is 2.67. The number of halogens is 1. The van der Waals surface area contributed by atoms with Gasteiger partial charge in [0.05, 0.1) is 0 Å². The number of rotatable bonds is 10. The molecule has 176 valence electrons. The van der Waals surface area contributed by atoms with Crippen molar-refractivity contribution in [3.05, 3.63) is 65.2 Å². The van der Waals surface area contributed by atoms with Crippen LogP contribution in [0.5, 0.6) is 5.75 Å². The molecule has 6 nitrogen and oxygen atoms in total. The van der Waals surface area contributed by atoms with E-state index in [2.05, 4.69) is 55.8 Å². The number of para-hydroxylation sites is 1. The normalized spacial score (nSPS) is 14.3. The summed E-state index contributed by atoms with van der Waals surface area (Å²) in [6.45, 7) is 6.49. The van der Waals surface area contributed by atoms with Gasteiger partial charge in [-0.1, -0.05) is 42.5 Å². The first-order valence-electron chi connectivity index (χ1n) is 11.2. The fourth-order valence-electron chi connectivity index (χ4n) is 3.68. The van der Waals surface area contributed by atoms with E-state index >= 15 is 0 Å². The van der Waals surface area contributed by atoms with Crippen LogP contribution in [0.3, 0.4) is 0 Å². The highest BCUT2D eigenvalue weighted by atomic mass is 127. The van der Waals surface area contributed by atoms with Gasteiger partial charge in [-0.25, -0.2) is 0 Å². The van der Waals surface area contributed by atoms with E-state index in [9.17, 15) is 0 Å². The van der Waals surface area contributed by atoms with Crippen molar-refractivity contribution in [1.29, 1.82) is 0 Å². The van der Waals surface area contributed by atoms with Gasteiger partial charge in [-0.15, -0.1) is 24.0 Å². The van der Waals surface area contributed by atoms with Gasteiger partial charge in [0.2, 0.25) is 0 Å². The number of likely N-dealkylation sites (tertiary alicyclic amines) is 1. The third-order valence-electron chi connectivity index (χ3n) is 5.53. The molecule has 1 heterocycles. The van der Waals surface area contributed by atoms with Crippen molar-refractivity contribution in [2.45, 2.75) is 32.5 Å². The number of hydrogen-bond donors (Lipinski definition) is 2. The number of benzene rings is 2. The molecular formula is C25H38IN5O. The van der Waals surface area contributed by atoms with Crippen LogP contribution in [-0.2, 0) is 19.6 Å². The number of guanidine groups is 1. The third kappa shape index (κ3) is 8.96. The van der Waals surface area contributed by atoms with E-state index < -0.39 is 0 Å². The number of nitrogens with one attached hydrogen (secondary N) is 2. The quantitative estimate of drug-likeness (QED) is 0.268. The van der Waals surface area contributed by atoms with Crippen molar-refractivity contribution in [3.8, 4) is 5.75 Å². The molecule has 7 heteroatoms. The summed E-state index contributed by atoms with van der Waals surface area (Å²) in [5.41, 5.74) is 3.76. The third-order valence-corrected chi connectivity index (χ3v) is 5.53. The molecule has 1 saturated heterocycles. The van der Waals surface area contributed by atoms with E-state index in [0.29, 0.717) is 13.2 Å². The van der Waals surface area contributed by atoms with Crippen LogP contribution >= 0.6 is 24.0 Å². The average molecular weight is 552 g/mol. The molecule has 0 aromatic heterocycles. The zero-order valence-corrected chi connectivity index (χ0v) is 22.0. The smallest absolute Gasteiger partial charge is 0.191 e. The summed E-state index contributed by atoms with van der Waals surface area (Å²) < 4.78 is 5.96. The van der Waals surface area contributed by atoms with E-state index in [1.54, 1.807) is 7.05 Å². The Labute approximate surface area is 210 Å². The first kappa shape index (κ1) is 26.4. The highest BCUT2D eigenvalue weighted by molar-refractivity contribution is 14.0. The molecular weight excluding hydrogens is 513 g/mol. The predicted octanol–water partition coefficient (Wildman–Crippen LogP) is 3.71. The Bertz CT molecular complexity index is 819. The Morgan fingerprint density at radius 3 is 2.31 bits per heavy atom. The fraction of sp³-hybridized carbons (Fsp3) is 0.480. The Balaban J connectivity index is 0.00000363. The van der Waals surface area contributed by atoms with Crippen molar-refractivity contribution in [1.82, 2.24) is 20.4 Å². The standard InChI is InChI=1S/C25H37N5O.HI/c1-26-25(28-19-23-8-4-5-9-24(23)31-17-16-29(2)3)27-18-21-10-12-22(13-11-21)20-30-14-6-7-15-30;/h4-5,8-13H,6-7,14-20H2,1-3H3,(H2,26,27,28);1H. The number of likely N-dealkylation sites (N-methyl/N-ethyl adjacent to an activating group) is 1. The molecule has 0 aliphatic carbocycles. The van der Waals surface area contributed by atoms with Crippen LogP contribution in [0, 0.1) is 0 Å². The molecule has 0 radical (unpaired) electrons. The largest absolute Gasteiger partial charge is 0.492 e. The molecule has 3 rings (SSSR count). The summed E-state index contributed by atoms with van der Waals surface area (Å²) in [5.74, 6) is 1.70. The van der Waals surface area contributed by atoms with Gasteiger partial charge in [-0.05, 0) is 57.2 Å².